The van der Waals surface area contributed by atoms with Gasteiger partial charge in [0.15, 0.2) is 11.5 Å². The van der Waals surface area contributed by atoms with Crippen molar-refractivity contribution >= 4 is 5.91 Å². The number of pyridine rings is 1. The highest BCUT2D eigenvalue weighted by Crippen LogP contribution is 2.13. The smallest absolute Gasteiger partial charge is 0.340 e. The summed E-state index contributed by atoms with van der Waals surface area (Å²) in [5.41, 5.74) is -0.533. The van der Waals surface area contributed by atoms with E-state index in [-0.39, 0.29) is 11.4 Å². The predicted octanol–water partition coefficient (Wildman–Crippen LogP) is -0.310. The molecule has 0 spiro atoms. The van der Waals surface area contributed by atoms with Gasteiger partial charge in [0.2, 0.25) is 0 Å². The van der Waals surface area contributed by atoms with E-state index in [2.05, 4.69) is 25.5 Å². The van der Waals surface area contributed by atoms with Crippen molar-refractivity contribution in [2.45, 2.75) is 13.0 Å². The maximum Gasteiger partial charge on any atom is 0.340 e. The third-order valence-electron chi connectivity index (χ3n) is 2.28. The second-order valence-electron chi connectivity index (χ2n) is 3.63. The lowest BCUT2D eigenvalue weighted by atomic mass is 10.2. The first kappa shape index (κ1) is 11.8. The summed E-state index contributed by atoms with van der Waals surface area (Å²) >= 11 is 0. The molecule has 0 radical (unpaired) electrons. The predicted molar refractivity (Wildman–Crippen MR) is 61.0 cm³/mol. The first-order chi connectivity index (χ1) is 8.58. The maximum atomic E-state index is 11.8. The van der Waals surface area contributed by atoms with Crippen molar-refractivity contribution < 1.29 is 9.90 Å². The third-order valence-corrected chi connectivity index (χ3v) is 2.28. The van der Waals surface area contributed by atoms with Gasteiger partial charge in [0.25, 0.3) is 5.91 Å². The number of carbonyl (C=O) groups is 1. The zero-order chi connectivity index (χ0) is 13.1. The molecular weight excluding hydrogens is 238 g/mol. The number of amides is 1. The van der Waals surface area contributed by atoms with E-state index in [1.807, 2.05) is 0 Å². The number of carbonyl (C=O) groups excluding carboxylic acids is 1. The summed E-state index contributed by atoms with van der Waals surface area (Å²) in [5.74, 6) is -0.467. The van der Waals surface area contributed by atoms with E-state index in [0.29, 0.717) is 5.82 Å². The minimum Gasteiger partial charge on any atom is -0.505 e. The van der Waals surface area contributed by atoms with E-state index in [0.717, 1.165) is 0 Å². The van der Waals surface area contributed by atoms with E-state index in [1.54, 1.807) is 6.92 Å². The Morgan fingerprint density at radius 2 is 2.33 bits per heavy atom. The van der Waals surface area contributed by atoms with Gasteiger partial charge in [-0.15, -0.1) is 0 Å². The van der Waals surface area contributed by atoms with E-state index < -0.39 is 17.6 Å². The second-order valence-corrected chi connectivity index (χ2v) is 3.63. The Balaban J connectivity index is 2.13. The van der Waals surface area contributed by atoms with Gasteiger partial charge >= 0.3 is 5.69 Å². The van der Waals surface area contributed by atoms with Gasteiger partial charge < -0.3 is 10.4 Å². The Morgan fingerprint density at radius 1 is 1.56 bits per heavy atom. The SMILES string of the molecule is C[C@H](NC(=O)c1ncccc1O)c1n[nH]c(=O)[nH]1. The molecule has 2 rings (SSSR count). The van der Waals surface area contributed by atoms with Gasteiger partial charge in [-0.25, -0.2) is 14.9 Å². The number of hydrogen-bond acceptors (Lipinski definition) is 5. The summed E-state index contributed by atoms with van der Waals surface area (Å²) in [4.78, 5) is 28.9. The van der Waals surface area contributed by atoms with Crippen LogP contribution < -0.4 is 11.0 Å². The fourth-order valence-electron chi connectivity index (χ4n) is 1.39. The van der Waals surface area contributed by atoms with Crippen LogP contribution in [0.4, 0.5) is 0 Å². The van der Waals surface area contributed by atoms with Gasteiger partial charge in [-0.05, 0) is 19.1 Å². The first-order valence-electron chi connectivity index (χ1n) is 5.17. The zero-order valence-corrected chi connectivity index (χ0v) is 9.47. The molecule has 0 saturated carbocycles. The van der Waals surface area contributed by atoms with Crippen molar-refractivity contribution in [1.82, 2.24) is 25.5 Å². The monoisotopic (exact) mass is 249 g/mol. The molecule has 8 nitrogen and oxygen atoms in total. The fourth-order valence-corrected chi connectivity index (χ4v) is 1.39. The van der Waals surface area contributed by atoms with Gasteiger partial charge in [-0.1, -0.05) is 0 Å². The van der Waals surface area contributed by atoms with Crippen LogP contribution in [0.5, 0.6) is 5.75 Å². The fraction of sp³-hybridized carbons (Fsp3) is 0.200. The molecule has 0 aliphatic heterocycles. The highest BCUT2D eigenvalue weighted by Gasteiger charge is 2.17. The van der Waals surface area contributed by atoms with Crippen LogP contribution in [-0.2, 0) is 0 Å². The molecule has 0 fully saturated rings. The van der Waals surface area contributed by atoms with Gasteiger partial charge in [0, 0.05) is 6.20 Å². The quantitative estimate of drug-likeness (QED) is 0.594. The number of aromatic amines is 2. The minimum atomic E-state index is -0.551. The highest BCUT2D eigenvalue weighted by atomic mass is 16.3. The molecule has 1 atom stereocenters. The molecule has 94 valence electrons. The summed E-state index contributed by atoms with van der Waals surface area (Å²) in [5, 5.41) is 17.9. The van der Waals surface area contributed by atoms with Crippen molar-refractivity contribution in [3.05, 3.63) is 40.3 Å². The molecule has 0 unspecified atom stereocenters. The number of H-pyrrole nitrogens is 2. The maximum absolute atomic E-state index is 11.8. The normalized spacial score (nSPS) is 12.1. The summed E-state index contributed by atoms with van der Waals surface area (Å²) in [6.45, 7) is 1.64. The van der Waals surface area contributed by atoms with Gasteiger partial charge in [-0.2, -0.15) is 5.10 Å². The largest absolute Gasteiger partial charge is 0.505 e. The zero-order valence-electron chi connectivity index (χ0n) is 9.47. The Labute approximate surface area is 101 Å². The topological polar surface area (TPSA) is 124 Å². The molecule has 18 heavy (non-hydrogen) atoms. The number of hydrogen-bond donors (Lipinski definition) is 4. The van der Waals surface area contributed by atoms with Crippen LogP contribution in [0.3, 0.4) is 0 Å². The van der Waals surface area contributed by atoms with E-state index in [9.17, 15) is 14.7 Å². The van der Waals surface area contributed by atoms with Crippen LogP contribution >= 0.6 is 0 Å². The van der Waals surface area contributed by atoms with Gasteiger partial charge in [0.05, 0.1) is 6.04 Å². The van der Waals surface area contributed by atoms with E-state index in [1.165, 1.54) is 18.3 Å². The molecule has 0 saturated heterocycles. The van der Waals surface area contributed by atoms with Crippen LogP contribution in [0.25, 0.3) is 0 Å². The lowest BCUT2D eigenvalue weighted by Crippen LogP contribution is -2.28. The average Bonchev–Trinajstić information content (AvgIpc) is 2.76. The summed E-state index contributed by atoms with van der Waals surface area (Å²) in [7, 11) is 0. The summed E-state index contributed by atoms with van der Waals surface area (Å²) < 4.78 is 0. The minimum absolute atomic E-state index is 0.0813. The number of aromatic hydroxyl groups is 1. The molecule has 2 aromatic rings. The highest BCUT2D eigenvalue weighted by molar-refractivity contribution is 5.94. The van der Waals surface area contributed by atoms with Crippen molar-refractivity contribution in [2.24, 2.45) is 0 Å². The third kappa shape index (κ3) is 2.37. The molecule has 0 aromatic carbocycles. The van der Waals surface area contributed by atoms with E-state index >= 15 is 0 Å². The molecule has 4 N–H and O–H groups in total. The molecule has 1 amide bonds. The Hall–Kier alpha value is -2.64. The number of nitrogens with one attached hydrogen (secondary N) is 3. The molecular formula is C10H11N5O3. The molecule has 0 aliphatic carbocycles. The molecule has 8 heteroatoms. The van der Waals surface area contributed by atoms with Gasteiger partial charge in [-0.3, -0.25) is 9.78 Å². The number of rotatable bonds is 3. The van der Waals surface area contributed by atoms with Crippen molar-refractivity contribution in [2.75, 3.05) is 0 Å². The Bertz CT molecular complexity index is 618. The van der Waals surface area contributed by atoms with Gasteiger partial charge in [0.1, 0.15) is 5.75 Å². The molecule has 0 bridgehead atoms. The van der Waals surface area contributed by atoms with E-state index in [4.69, 9.17) is 0 Å². The van der Waals surface area contributed by atoms with Crippen LogP contribution in [0, 0.1) is 0 Å². The Kier molecular flexibility index (Phi) is 3.09. The molecule has 2 aromatic heterocycles. The van der Waals surface area contributed by atoms with Crippen molar-refractivity contribution in [3.63, 3.8) is 0 Å². The summed E-state index contributed by atoms with van der Waals surface area (Å²) in [6, 6.07) is 2.36. The standard InChI is InChI=1S/C10H11N5O3/c1-5(8-13-10(18)15-14-8)12-9(17)7-6(16)3-2-4-11-7/h2-5,16H,1H3,(H,12,17)(H2,13,14,15,18)/t5-/m0/s1. The average molecular weight is 249 g/mol. The number of aromatic nitrogens is 4. The molecule has 2 heterocycles. The van der Waals surface area contributed by atoms with Crippen LogP contribution in [0.15, 0.2) is 23.1 Å². The van der Waals surface area contributed by atoms with Crippen molar-refractivity contribution in [1.29, 1.82) is 0 Å². The Morgan fingerprint density at radius 3 is 2.94 bits per heavy atom. The summed E-state index contributed by atoms with van der Waals surface area (Å²) in [6.07, 6.45) is 1.40. The first-order valence-corrected chi connectivity index (χ1v) is 5.17. The van der Waals surface area contributed by atoms with Crippen LogP contribution in [-0.4, -0.2) is 31.2 Å². The van der Waals surface area contributed by atoms with Crippen LogP contribution in [0.1, 0.15) is 29.3 Å². The molecule has 0 aliphatic rings. The van der Waals surface area contributed by atoms with Crippen LogP contribution in [0.2, 0.25) is 0 Å². The lowest BCUT2D eigenvalue weighted by molar-refractivity contribution is 0.0930. The van der Waals surface area contributed by atoms with Crippen molar-refractivity contribution in [3.8, 4) is 5.75 Å². The lowest BCUT2D eigenvalue weighted by Gasteiger charge is -2.10. The number of nitrogens with zero attached hydrogens (tertiary/aromatic N) is 2. The second kappa shape index (κ2) is 4.70.